The van der Waals surface area contributed by atoms with Gasteiger partial charge in [0.15, 0.2) is 0 Å². The predicted octanol–water partition coefficient (Wildman–Crippen LogP) is 2.25. The highest BCUT2D eigenvalue weighted by Gasteiger charge is 2.37. The van der Waals surface area contributed by atoms with E-state index < -0.39 is 17.4 Å². The Morgan fingerprint density at radius 3 is 2.68 bits per heavy atom. The summed E-state index contributed by atoms with van der Waals surface area (Å²) in [7, 11) is 0. The van der Waals surface area contributed by atoms with Crippen molar-refractivity contribution in [2.75, 3.05) is 11.4 Å². The molecule has 1 fully saturated rings. The van der Waals surface area contributed by atoms with Crippen LogP contribution in [0.4, 0.5) is 10.1 Å². The minimum atomic E-state index is -0.920. The summed E-state index contributed by atoms with van der Waals surface area (Å²) in [5.74, 6) is -2.23. The highest BCUT2D eigenvalue weighted by atomic mass is 19.1. The van der Waals surface area contributed by atoms with Crippen molar-refractivity contribution < 1.29 is 23.9 Å². The molecule has 0 bridgehead atoms. The molecule has 1 saturated heterocycles. The molecule has 1 atom stereocenters. The summed E-state index contributed by atoms with van der Waals surface area (Å²) in [6.45, 7) is 5.36. The molecule has 25 heavy (non-hydrogen) atoms. The third kappa shape index (κ3) is 4.78. The number of carbonyl (C=O) groups is 3. The van der Waals surface area contributed by atoms with Crippen molar-refractivity contribution in [3.8, 4) is 0 Å². The number of rotatable bonds is 6. The average Bonchev–Trinajstić information content (AvgIpc) is 2.90. The van der Waals surface area contributed by atoms with Crippen LogP contribution >= 0.6 is 0 Å². The van der Waals surface area contributed by atoms with Gasteiger partial charge < -0.3 is 15.3 Å². The van der Waals surface area contributed by atoms with Gasteiger partial charge in [0.05, 0.1) is 5.92 Å². The number of aryl methyl sites for hydroxylation is 1. The lowest BCUT2D eigenvalue weighted by atomic mass is 9.96. The number of amides is 2. The summed E-state index contributed by atoms with van der Waals surface area (Å²) in [6, 6.07) is 4.42. The molecular formula is C18H23FN2O4. The number of carboxylic acids is 1. The number of nitrogens with one attached hydrogen (secondary N) is 1. The summed E-state index contributed by atoms with van der Waals surface area (Å²) in [5.41, 5.74) is 0.343. The van der Waals surface area contributed by atoms with E-state index >= 15 is 0 Å². The third-order valence-electron chi connectivity index (χ3n) is 4.37. The van der Waals surface area contributed by atoms with E-state index in [4.69, 9.17) is 5.11 Å². The molecule has 136 valence electrons. The molecule has 0 aliphatic carbocycles. The highest BCUT2D eigenvalue weighted by molar-refractivity contribution is 6.00. The summed E-state index contributed by atoms with van der Waals surface area (Å²) < 4.78 is 13.4. The van der Waals surface area contributed by atoms with Crippen molar-refractivity contribution in [2.24, 2.45) is 5.92 Å². The normalized spacial score (nSPS) is 17.7. The topological polar surface area (TPSA) is 86.7 Å². The minimum absolute atomic E-state index is 0.0438. The highest BCUT2D eigenvalue weighted by Crippen LogP contribution is 2.27. The number of anilines is 1. The van der Waals surface area contributed by atoms with Gasteiger partial charge in [0.25, 0.3) is 0 Å². The van der Waals surface area contributed by atoms with E-state index in [1.165, 1.54) is 17.0 Å². The van der Waals surface area contributed by atoms with Gasteiger partial charge in [-0.15, -0.1) is 0 Å². The van der Waals surface area contributed by atoms with Gasteiger partial charge in [0.2, 0.25) is 11.8 Å². The van der Waals surface area contributed by atoms with Crippen molar-refractivity contribution in [3.05, 3.63) is 29.6 Å². The molecule has 7 heteroatoms. The Labute approximate surface area is 146 Å². The Hall–Kier alpha value is -2.44. The number of hydrogen-bond acceptors (Lipinski definition) is 3. The molecule has 1 heterocycles. The molecule has 2 amide bonds. The van der Waals surface area contributed by atoms with Gasteiger partial charge in [0.1, 0.15) is 5.82 Å². The lowest BCUT2D eigenvalue weighted by Crippen LogP contribution is -2.46. The maximum atomic E-state index is 13.4. The summed E-state index contributed by atoms with van der Waals surface area (Å²) in [4.78, 5) is 36.9. The molecule has 1 unspecified atom stereocenters. The van der Waals surface area contributed by atoms with Gasteiger partial charge >= 0.3 is 5.97 Å². The molecule has 2 rings (SSSR count). The lowest BCUT2D eigenvalue weighted by molar-refractivity contribution is -0.138. The summed E-state index contributed by atoms with van der Waals surface area (Å²) >= 11 is 0. The molecular weight excluding hydrogens is 327 g/mol. The van der Waals surface area contributed by atoms with Crippen LogP contribution in [-0.2, 0) is 14.4 Å². The number of aliphatic carboxylic acids is 1. The van der Waals surface area contributed by atoms with Crippen LogP contribution in [0.3, 0.4) is 0 Å². The van der Waals surface area contributed by atoms with Crippen LogP contribution in [-0.4, -0.2) is 35.0 Å². The number of nitrogens with zero attached hydrogens (tertiary/aromatic N) is 1. The second-order valence-corrected chi connectivity index (χ2v) is 7.11. The predicted molar refractivity (Wildman–Crippen MR) is 90.7 cm³/mol. The smallest absolute Gasteiger partial charge is 0.303 e. The van der Waals surface area contributed by atoms with Crippen LogP contribution in [0.5, 0.6) is 0 Å². The van der Waals surface area contributed by atoms with Gasteiger partial charge in [0, 0.05) is 30.6 Å². The molecule has 1 aliphatic heterocycles. The Kier molecular flexibility index (Phi) is 5.45. The number of benzene rings is 1. The van der Waals surface area contributed by atoms with Crippen LogP contribution in [0.25, 0.3) is 0 Å². The second-order valence-electron chi connectivity index (χ2n) is 7.11. The zero-order valence-corrected chi connectivity index (χ0v) is 14.6. The van der Waals surface area contributed by atoms with E-state index in [1.54, 1.807) is 26.8 Å². The standard InChI is InChI=1S/C18H23FN2O4/c1-11-8-13(4-5-14(11)19)21-10-12(9-15(21)22)17(25)20-18(2,3)7-6-16(23)24/h4-5,8,12H,6-7,9-10H2,1-3H3,(H,20,25)(H,23,24). The molecule has 1 aromatic rings. The minimum Gasteiger partial charge on any atom is -0.481 e. The van der Waals surface area contributed by atoms with Gasteiger partial charge in [-0.05, 0) is 51.0 Å². The van der Waals surface area contributed by atoms with E-state index in [1.807, 2.05) is 0 Å². The van der Waals surface area contributed by atoms with Gasteiger partial charge in [-0.25, -0.2) is 4.39 Å². The summed E-state index contributed by atoms with van der Waals surface area (Å²) in [6.07, 6.45) is 0.338. The average molecular weight is 350 g/mol. The Balaban J connectivity index is 2.02. The molecule has 6 nitrogen and oxygen atoms in total. The first-order chi connectivity index (χ1) is 11.6. The van der Waals surface area contributed by atoms with Crippen molar-refractivity contribution in [2.45, 2.75) is 45.6 Å². The zero-order valence-electron chi connectivity index (χ0n) is 14.6. The van der Waals surface area contributed by atoms with Gasteiger partial charge in [-0.3, -0.25) is 14.4 Å². The number of carboxylic acid groups (broad SMARTS) is 1. The van der Waals surface area contributed by atoms with E-state index in [0.29, 0.717) is 17.7 Å². The second kappa shape index (κ2) is 7.21. The van der Waals surface area contributed by atoms with Crippen molar-refractivity contribution in [1.29, 1.82) is 0 Å². The first kappa shape index (κ1) is 18.9. The molecule has 0 spiro atoms. The van der Waals surface area contributed by atoms with Crippen molar-refractivity contribution in [1.82, 2.24) is 5.32 Å². The number of halogens is 1. The molecule has 1 aromatic carbocycles. The number of carbonyl (C=O) groups excluding carboxylic acids is 2. The maximum absolute atomic E-state index is 13.4. The molecule has 1 aliphatic rings. The van der Waals surface area contributed by atoms with Gasteiger partial charge in [-0.1, -0.05) is 0 Å². The van der Waals surface area contributed by atoms with Crippen LogP contribution < -0.4 is 10.2 Å². The first-order valence-electron chi connectivity index (χ1n) is 8.19. The maximum Gasteiger partial charge on any atom is 0.303 e. The fourth-order valence-electron chi connectivity index (χ4n) is 2.85. The molecule has 0 aromatic heterocycles. The quantitative estimate of drug-likeness (QED) is 0.824. The molecule has 2 N–H and O–H groups in total. The largest absolute Gasteiger partial charge is 0.481 e. The van der Waals surface area contributed by atoms with Crippen LogP contribution in [0.15, 0.2) is 18.2 Å². The van der Waals surface area contributed by atoms with Crippen LogP contribution in [0.1, 0.15) is 38.7 Å². The Morgan fingerprint density at radius 2 is 2.08 bits per heavy atom. The number of hydrogen-bond donors (Lipinski definition) is 2. The molecule has 0 radical (unpaired) electrons. The zero-order chi connectivity index (χ0) is 18.8. The Morgan fingerprint density at radius 1 is 1.40 bits per heavy atom. The molecule has 0 saturated carbocycles. The monoisotopic (exact) mass is 350 g/mol. The first-order valence-corrected chi connectivity index (χ1v) is 8.19. The van der Waals surface area contributed by atoms with Gasteiger partial charge in [-0.2, -0.15) is 0 Å². The fourth-order valence-corrected chi connectivity index (χ4v) is 2.85. The van der Waals surface area contributed by atoms with E-state index in [-0.39, 0.29) is 37.0 Å². The van der Waals surface area contributed by atoms with Crippen molar-refractivity contribution in [3.63, 3.8) is 0 Å². The van der Waals surface area contributed by atoms with E-state index in [0.717, 1.165) is 0 Å². The van der Waals surface area contributed by atoms with E-state index in [2.05, 4.69) is 5.32 Å². The SMILES string of the molecule is Cc1cc(N2CC(C(=O)NC(C)(C)CCC(=O)O)CC2=O)ccc1F. The van der Waals surface area contributed by atoms with Crippen molar-refractivity contribution >= 4 is 23.5 Å². The fraction of sp³-hybridized carbons (Fsp3) is 0.500. The van der Waals surface area contributed by atoms with E-state index in [9.17, 15) is 18.8 Å². The Bertz CT molecular complexity index is 702. The van der Waals surface area contributed by atoms with Crippen LogP contribution in [0.2, 0.25) is 0 Å². The summed E-state index contributed by atoms with van der Waals surface area (Å²) in [5, 5.41) is 11.6. The third-order valence-corrected chi connectivity index (χ3v) is 4.37. The lowest BCUT2D eigenvalue weighted by Gasteiger charge is -2.27. The van der Waals surface area contributed by atoms with Crippen LogP contribution in [0, 0.1) is 18.7 Å².